The van der Waals surface area contributed by atoms with Gasteiger partial charge in [-0.3, -0.25) is 4.98 Å². The van der Waals surface area contributed by atoms with Gasteiger partial charge in [-0.25, -0.2) is 8.42 Å². The zero-order valence-electron chi connectivity index (χ0n) is 14.2. The second kappa shape index (κ2) is 7.75. The van der Waals surface area contributed by atoms with Gasteiger partial charge in [0.15, 0.2) is 11.6 Å². The van der Waals surface area contributed by atoms with Crippen molar-refractivity contribution in [2.45, 2.75) is 13.3 Å². The van der Waals surface area contributed by atoms with E-state index in [1.54, 1.807) is 16.7 Å². The molecule has 1 fully saturated rings. The number of anilines is 3. The third kappa shape index (κ3) is 4.43. The topological polar surface area (TPSA) is 91.3 Å². The van der Waals surface area contributed by atoms with E-state index in [-0.39, 0.29) is 5.75 Å². The number of pyridine rings is 1. The summed E-state index contributed by atoms with van der Waals surface area (Å²) in [5.41, 5.74) is 0.895. The summed E-state index contributed by atoms with van der Waals surface area (Å²) in [6.07, 6.45) is 4.05. The fourth-order valence-electron chi connectivity index (χ4n) is 2.73. The van der Waals surface area contributed by atoms with Crippen molar-refractivity contribution < 1.29 is 8.42 Å². The van der Waals surface area contributed by atoms with Gasteiger partial charge in [-0.1, -0.05) is 6.92 Å². The van der Waals surface area contributed by atoms with E-state index in [4.69, 9.17) is 0 Å². The number of nitrogens with one attached hydrogen (secondary N) is 1. The molecule has 0 aliphatic carbocycles. The summed E-state index contributed by atoms with van der Waals surface area (Å²) in [6.45, 7) is 4.09. The molecule has 0 atom stereocenters. The minimum Gasteiger partial charge on any atom is -0.352 e. The summed E-state index contributed by atoms with van der Waals surface area (Å²) in [6, 6.07) is 7.47. The molecule has 1 saturated heterocycles. The van der Waals surface area contributed by atoms with Crippen molar-refractivity contribution in [2.24, 2.45) is 0 Å². The number of piperazine rings is 1. The van der Waals surface area contributed by atoms with Crippen LogP contribution in [0.3, 0.4) is 0 Å². The molecule has 1 aliphatic heterocycles. The molecule has 0 radical (unpaired) electrons. The summed E-state index contributed by atoms with van der Waals surface area (Å²) in [7, 11) is -3.12. The van der Waals surface area contributed by atoms with Crippen LogP contribution in [0.2, 0.25) is 0 Å². The standard InChI is InChI=1S/C16H22N6O2S/c1-2-13-25(23,24)22-11-9-21(10-12-22)16-4-3-15(19-20-16)18-14-5-7-17-8-6-14/h3-8H,2,9-13H2,1H3,(H,17,18,19). The van der Waals surface area contributed by atoms with Crippen molar-refractivity contribution in [3.05, 3.63) is 36.7 Å². The number of nitrogens with zero attached hydrogens (tertiary/aromatic N) is 5. The molecule has 1 aliphatic rings. The molecular weight excluding hydrogens is 340 g/mol. The lowest BCUT2D eigenvalue weighted by Gasteiger charge is -2.34. The normalized spacial score (nSPS) is 16.0. The Morgan fingerprint density at radius 2 is 1.76 bits per heavy atom. The fraction of sp³-hybridized carbons (Fsp3) is 0.438. The second-order valence-electron chi connectivity index (χ2n) is 5.84. The van der Waals surface area contributed by atoms with Gasteiger partial charge in [-0.2, -0.15) is 4.31 Å². The van der Waals surface area contributed by atoms with Crippen molar-refractivity contribution in [2.75, 3.05) is 42.1 Å². The Balaban J connectivity index is 1.59. The maximum atomic E-state index is 12.1. The van der Waals surface area contributed by atoms with Crippen LogP contribution >= 0.6 is 0 Å². The minimum atomic E-state index is -3.12. The van der Waals surface area contributed by atoms with Crippen molar-refractivity contribution in [3.8, 4) is 0 Å². The molecule has 2 aromatic rings. The number of sulfonamides is 1. The largest absolute Gasteiger partial charge is 0.352 e. The van der Waals surface area contributed by atoms with Crippen LogP contribution in [0.25, 0.3) is 0 Å². The first kappa shape index (κ1) is 17.6. The molecule has 0 bridgehead atoms. The van der Waals surface area contributed by atoms with E-state index < -0.39 is 10.0 Å². The Kier molecular flexibility index (Phi) is 5.44. The number of aromatic nitrogens is 3. The minimum absolute atomic E-state index is 0.210. The molecule has 0 spiro atoms. The van der Waals surface area contributed by atoms with Gasteiger partial charge in [0.2, 0.25) is 10.0 Å². The lowest BCUT2D eigenvalue weighted by molar-refractivity contribution is 0.383. The first-order chi connectivity index (χ1) is 12.1. The second-order valence-corrected chi connectivity index (χ2v) is 7.93. The molecule has 8 nitrogen and oxygen atoms in total. The molecule has 3 rings (SSSR count). The Bertz CT molecular complexity index is 774. The molecule has 0 saturated carbocycles. The highest BCUT2D eigenvalue weighted by Crippen LogP contribution is 2.18. The van der Waals surface area contributed by atoms with Gasteiger partial charge < -0.3 is 10.2 Å². The maximum absolute atomic E-state index is 12.1. The van der Waals surface area contributed by atoms with Crippen molar-refractivity contribution >= 4 is 27.3 Å². The lowest BCUT2D eigenvalue weighted by atomic mass is 10.3. The zero-order valence-corrected chi connectivity index (χ0v) is 15.0. The molecule has 0 unspecified atom stereocenters. The predicted molar refractivity (Wildman–Crippen MR) is 97.4 cm³/mol. The average molecular weight is 362 g/mol. The predicted octanol–water partition coefficient (Wildman–Crippen LogP) is 1.48. The van der Waals surface area contributed by atoms with Crippen LogP contribution in [0.4, 0.5) is 17.3 Å². The van der Waals surface area contributed by atoms with Gasteiger partial charge in [0, 0.05) is 44.3 Å². The van der Waals surface area contributed by atoms with Gasteiger partial charge in [-0.15, -0.1) is 10.2 Å². The van der Waals surface area contributed by atoms with E-state index in [1.165, 1.54) is 0 Å². The van der Waals surface area contributed by atoms with Crippen molar-refractivity contribution in [1.82, 2.24) is 19.5 Å². The highest BCUT2D eigenvalue weighted by atomic mass is 32.2. The molecule has 0 amide bonds. The molecular formula is C16H22N6O2S. The van der Waals surface area contributed by atoms with Crippen LogP contribution in [-0.4, -0.2) is 59.8 Å². The third-order valence-electron chi connectivity index (χ3n) is 4.02. The number of rotatable bonds is 6. The van der Waals surface area contributed by atoms with Gasteiger partial charge in [0.25, 0.3) is 0 Å². The quantitative estimate of drug-likeness (QED) is 0.832. The Hall–Kier alpha value is -2.26. The van der Waals surface area contributed by atoms with Gasteiger partial charge >= 0.3 is 0 Å². The summed E-state index contributed by atoms with van der Waals surface area (Å²) in [4.78, 5) is 6.02. The molecule has 3 heterocycles. The van der Waals surface area contributed by atoms with Crippen LogP contribution in [0.15, 0.2) is 36.7 Å². The smallest absolute Gasteiger partial charge is 0.214 e. The fourth-order valence-corrected chi connectivity index (χ4v) is 4.22. The van der Waals surface area contributed by atoms with Crippen LogP contribution in [0.1, 0.15) is 13.3 Å². The molecule has 25 heavy (non-hydrogen) atoms. The van der Waals surface area contributed by atoms with Gasteiger partial charge in [-0.05, 0) is 30.7 Å². The zero-order chi connectivity index (χ0) is 17.7. The molecule has 1 N–H and O–H groups in total. The van der Waals surface area contributed by atoms with Gasteiger partial charge in [0.1, 0.15) is 0 Å². The molecule has 134 valence electrons. The maximum Gasteiger partial charge on any atom is 0.214 e. The number of hydrogen-bond donors (Lipinski definition) is 1. The Labute approximate surface area is 147 Å². The Morgan fingerprint density at radius 1 is 1.04 bits per heavy atom. The summed E-state index contributed by atoms with van der Waals surface area (Å²) >= 11 is 0. The summed E-state index contributed by atoms with van der Waals surface area (Å²) < 4.78 is 25.8. The van der Waals surface area contributed by atoms with E-state index in [9.17, 15) is 8.42 Å². The SMILES string of the molecule is CCCS(=O)(=O)N1CCN(c2ccc(Nc3ccncc3)nn2)CC1. The Morgan fingerprint density at radius 3 is 2.36 bits per heavy atom. The molecule has 0 aromatic carbocycles. The molecule has 9 heteroatoms. The molecule has 2 aromatic heterocycles. The highest BCUT2D eigenvalue weighted by molar-refractivity contribution is 7.89. The van der Waals surface area contributed by atoms with E-state index in [2.05, 4.69) is 25.4 Å². The summed E-state index contributed by atoms with van der Waals surface area (Å²) in [5.74, 6) is 1.62. The van der Waals surface area contributed by atoms with E-state index in [0.717, 1.165) is 11.5 Å². The highest BCUT2D eigenvalue weighted by Gasteiger charge is 2.26. The number of hydrogen-bond acceptors (Lipinski definition) is 7. The van der Waals surface area contributed by atoms with Gasteiger partial charge in [0.05, 0.1) is 5.75 Å². The van der Waals surface area contributed by atoms with Crippen LogP contribution < -0.4 is 10.2 Å². The third-order valence-corrected chi connectivity index (χ3v) is 6.10. The van der Waals surface area contributed by atoms with Crippen molar-refractivity contribution in [3.63, 3.8) is 0 Å². The average Bonchev–Trinajstić information content (AvgIpc) is 2.63. The summed E-state index contributed by atoms with van der Waals surface area (Å²) in [5, 5.41) is 11.6. The monoisotopic (exact) mass is 362 g/mol. The van der Waals surface area contributed by atoms with Crippen LogP contribution in [-0.2, 0) is 10.0 Å². The van der Waals surface area contributed by atoms with Crippen LogP contribution in [0, 0.1) is 0 Å². The first-order valence-electron chi connectivity index (χ1n) is 8.32. The van der Waals surface area contributed by atoms with E-state index in [0.29, 0.717) is 38.4 Å². The van der Waals surface area contributed by atoms with Crippen LogP contribution in [0.5, 0.6) is 0 Å². The first-order valence-corrected chi connectivity index (χ1v) is 9.93. The van der Waals surface area contributed by atoms with E-state index >= 15 is 0 Å². The van der Waals surface area contributed by atoms with Crippen molar-refractivity contribution in [1.29, 1.82) is 0 Å². The van der Waals surface area contributed by atoms with E-state index in [1.807, 2.05) is 31.2 Å². The lowest BCUT2D eigenvalue weighted by Crippen LogP contribution is -2.49.